The first kappa shape index (κ1) is 19.9. The van der Waals surface area contributed by atoms with Crippen LogP contribution in [0.5, 0.6) is 0 Å². The van der Waals surface area contributed by atoms with Gasteiger partial charge in [0, 0.05) is 24.5 Å². The van der Waals surface area contributed by atoms with E-state index in [-0.39, 0.29) is 11.7 Å². The number of hydrogen-bond donors (Lipinski definition) is 2. The van der Waals surface area contributed by atoms with Gasteiger partial charge < -0.3 is 9.88 Å². The molecule has 1 amide bonds. The third kappa shape index (κ3) is 3.95. The van der Waals surface area contributed by atoms with Crippen LogP contribution in [0.15, 0.2) is 73.4 Å². The summed E-state index contributed by atoms with van der Waals surface area (Å²) in [7, 11) is 0. The minimum Gasteiger partial charge on any atom is -0.326 e. The van der Waals surface area contributed by atoms with Crippen LogP contribution < -0.4 is 5.32 Å². The van der Waals surface area contributed by atoms with Crippen molar-refractivity contribution in [3.05, 3.63) is 95.4 Å². The number of carbonyl (C=O) groups is 1. The smallest absolute Gasteiger partial charge is 0.259 e. The quantitative estimate of drug-likeness (QED) is 0.401. The van der Waals surface area contributed by atoms with E-state index >= 15 is 0 Å². The number of nitrogens with one attached hydrogen (secondary N) is 2. The summed E-state index contributed by atoms with van der Waals surface area (Å²) in [6.07, 6.45) is 6.15. The Hall–Kier alpha value is -4.04. The molecule has 3 heterocycles. The van der Waals surface area contributed by atoms with Crippen LogP contribution in [-0.2, 0) is 6.54 Å². The summed E-state index contributed by atoms with van der Waals surface area (Å²) in [5, 5.41) is 9.56. The first-order valence-electron chi connectivity index (χ1n) is 9.72. The molecule has 7 nitrogen and oxygen atoms in total. The number of hydrogen-bond acceptors (Lipinski definition) is 4. The van der Waals surface area contributed by atoms with Crippen molar-refractivity contribution in [3.63, 3.8) is 0 Å². The lowest BCUT2D eigenvalue weighted by atomic mass is 10.1. The van der Waals surface area contributed by atoms with Crippen LogP contribution in [0.4, 0.5) is 10.2 Å². The lowest BCUT2D eigenvalue weighted by Crippen LogP contribution is -2.12. The lowest BCUT2D eigenvalue weighted by molar-refractivity contribution is 0.102. The number of aromatic amines is 1. The molecule has 158 valence electrons. The highest BCUT2D eigenvalue weighted by atomic mass is 35.5. The van der Waals surface area contributed by atoms with Crippen LogP contribution in [0, 0.1) is 5.82 Å². The second-order valence-electron chi connectivity index (χ2n) is 7.20. The van der Waals surface area contributed by atoms with Gasteiger partial charge >= 0.3 is 0 Å². The average molecular weight is 447 g/mol. The predicted octanol–water partition coefficient (Wildman–Crippen LogP) is 4.91. The van der Waals surface area contributed by atoms with Crippen LogP contribution in [0.3, 0.4) is 0 Å². The highest BCUT2D eigenvalue weighted by Gasteiger charge is 2.13. The van der Waals surface area contributed by atoms with Crippen molar-refractivity contribution < 1.29 is 9.18 Å². The number of fused-ring (bicyclic) bond motifs is 1. The normalized spacial score (nSPS) is 11.1. The Kier molecular flexibility index (Phi) is 5.12. The fourth-order valence-electron chi connectivity index (χ4n) is 3.47. The standard InChI is InChI=1S/C23H16ClFN6O/c24-19-11-26-22(30-23(32)16-9-28-29-10-16)8-18(19)15-4-5-20-21(7-15)31(13-27-20)12-14-2-1-3-17(25)6-14/h1-11,13H,12H2,(H,28,29)(H,26,30,32). The molecular formula is C23H16ClFN6O. The molecule has 0 saturated carbocycles. The fraction of sp³-hybridized carbons (Fsp3) is 0.0435. The molecule has 0 atom stereocenters. The monoisotopic (exact) mass is 446 g/mol. The number of anilines is 1. The van der Waals surface area contributed by atoms with Gasteiger partial charge in [0.1, 0.15) is 11.6 Å². The average Bonchev–Trinajstić information content (AvgIpc) is 3.46. The number of aromatic nitrogens is 5. The molecular weight excluding hydrogens is 431 g/mol. The molecule has 0 unspecified atom stereocenters. The van der Waals surface area contributed by atoms with Gasteiger partial charge in [0.2, 0.25) is 0 Å². The number of nitrogens with zero attached hydrogens (tertiary/aromatic N) is 4. The molecule has 9 heteroatoms. The molecule has 0 bridgehead atoms. The number of rotatable bonds is 5. The molecule has 5 aromatic rings. The van der Waals surface area contributed by atoms with Crippen molar-refractivity contribution in [3.8, 4) is 11.1 Å². The van der Waals surface area contributed by atoms with E-state index in [0.717, 1.165) is 22.2 Å². The largest absolute Gasteiger partial charge is 0.326 e. The Morgan fingerprint density at radius 1 is 1.12 bits per heavy atom. The second kappa shape index (κ2) is 8.24. The minimum atomic E-state index is -0.330. The molecule has 2 N–H and O–H groups in total. The second-order valence-corrected chi connectivity index (χ2v) is 7.60. The summed E-state index contributed by atoms with van der Waals surface area (Å²) in [5.41, 5.74) is 4.47. The van der Waals surface area contributed by atoms with Gasteiger partial charge in [-0.3, -0.25) is 9.89 Å². The minimum absolute atomic E-state index is 0.277. The van der Waals surface area contributed by atoms with Crippen molar-refractivity contribution in [1.82, 2.24) is 24.7 Å². The van der Waals surface area contributed by atoms with Crippen molar-refractivity contribution in [2.45, 2.75) is 6.54 Å². The zero-order valence-corrected chi connectivity index (χ0v) is 17.3. The van der Waals surface area contributed by atoms with E-state index in [1.54, 1.807) is 18.5 Å². The first-order chi connectivity index (χ1) is 15.6. The van der Waals surface area contributed by atoms with E-state index in [1.807, 2.05) is 28.8 Å². The van der Waals surface area contributed by atoms with Crippen LogP contribution in [0.2, 0.25) is 5.02 Å². The summed E-state index contributed by atoms with van der Waals surface area (Å²) in [4.78, 5) is 20.9. The molecule has 2 aromatic carbocycles. The van der Waals surface area contributed by atoms with Gasteiger partial charge in [0.05, 0.1) is 34.1 Å². The third-order valence-corrected chi connectivity index (χ3v) is 5.33. The van der Waals surface area contributed by atoms with Gasteiger partial charge in [-0.15, -0.1) is 0 Å². The number of halogens is 2. The molecule has 0 aliphatic heterocycles. The molecule has 0 aliphatic rings. The third-order valence-electron chi connectivity index (χ3n) is 5.03. The van der Waals surface area contributed by atoms with E-state index < -0.39 is 0 Å². The molecule has 3 aromatic heterocycles. The number of carbonyl (C=O) groups excluding carboxylic acids is 1. The van der Waals surface area contributed by atoms with Gasteiger partial charge in [-0.05, 0) is 41.5 Å². The van der Waals surface area contributed by atoms with Crippen molar-refractivity contribution in [2.24, 2.45) is 0 Å². The van der Waals surface area contributed by atoms with Crippen LogP contribution in [0.1, 0.15) is 15.9 Å². The first-order valence-corrected chi connectivity index (χ1v) is 10.1. The molecule has 0 radical (unpaired) electrons. The molecule has 32 heavy (non-hydrogen) atoms. The zero-order chi connectivity index (χ0) is 22.1. The van der Waals surface area contributed by atoms with Crippen LogP contribution >= 0.6 is 11.6 Å². The van der Waals surface area contributed by atoms with Crippen molar-refractivity contribution >= 4 is 34.4 Å². The molecule has 5 rings (SSSR count). The van der Waals surface area contributed by atoms with E-state index in [9.17, 15) is 9.18 Å². The SMILES string of the molecule is O=C(Nc1cc(-c2ccc3ncn(Cc4cccc(F)c4)c3c2)c(Cl)cn1)c1cn[nH]c1. The fourth-order valence-corrected chi connectivity index (χ4v) is 3.69. The molecule has 0 fully saturated rings. The maximum absolute atomic E-state index is 13.6. The van der Waals surface area contributed by atoms with E-state index in [0.29, 0.717) is 28.5 Å². The van der Waals surface area contributed by atoms with Gasteiger partial charge in [-0.25, -0.2) is 14.4 Å². The van der Waals surface area contributed by atoms with Gasteiger partial charge in [0.25, 0.3) is 5.91 Å². The summed E-state index contributed by atoms with van der Waals surface area (Å²) in [6, 6.07) is 14.0. The number of benzene rings is 2. The molecule has 0 spiro atoms. The maximum Gasteiger partial charge on any atom is 0.259 e. The van der Waals surface area contributed by atoms with Crippen molar-refractivity contribution in [2.75, 3.05) is 5.32 Å². The summed E-state index contributed by atoms with van der Waals surface area (Å²) >= 11 is 6.42. The Morgan fingerprint density at radius 3 is 2.84 bits per heavy atom. The van der Waals surface area contributed by atoms with Crippen LogP contribution in [0.25, 0.3) is 22.2 Å². The Bertz CT molecular complexity index is 1430. The van der Waals surface area contributed by atoms with Crippen molar-refractivity contribution in [1.29, 1.82) is 0 Å². The number of pyridine rings is 1. The van der Waals surface area contributed by atoms with E-state index in [4.69, 9.17) is 11.6 Å². The zero-order valence-electron chi connectivity index (χ0n) is 16.6. The van der Waals surface area contributed by atoms with Gasteiger partial charge in [-0.1, -0.05) is 29.8 Å². The predicted molar refractivity (Wildman–Crippen MR) is 120 cm³/mol. The molecule has 0 saturated heterocycles. The summed E-state index contributed by atoms with van der Waals surface area (Å²) in [5.74, 6) is -0.242. The number of amides is 1. The highest BCUT2D eigenvalue weighted by Crippen LogP contribution is 2.31. The molecule has 0 aliphatic carbocycles. The lowest BCUT2D eigenvalue weighted by Gasteiger charge is -2.10. The topological polar surface area (TPSA) is 88.5 Å². The van der Waals surface area contributed by atoms with Gasteiger partial charge in [0.15, 0.2) is 0 Å². The maximum atomic E-state index is 13.6. The highest BCUT2D eigenvalue weighted by molar-refractivity contribution is 6.33. The summed E-state index contributed by atoms with van der Waals surface area (Å²) in [6.45, 7) is 0.480. The van der Waals surface area contributed by atoms with Crippen LogP contribution in [-0.4, -0.2) is 30.6 Å². The Labute approximate surface area is 186 Å². The van der Waals surface area contributed by atoms with E-state index in [1.165, 1.54) is 30.7 Å². The Morgan fingerprint density at radius 2 is 2.03 bits per heavy atom. The number of H-pyrrole nitrogens is 1. The van der Waals surface area contributed by atoms with Gasteiger partial charge in [-0.2, -0.15) is 5.10 Å². The number of imidazole rings is 1. The Balaban J connectivity index is 1.48. The summed E-state index contributed by atoms with van der Waals surface area (Å²) < 4.78 is 15.5. The van der Waals surface area contributed by atoms with E-state index in [2.05, 4.69) is 25.5 Å².